The number of rotatable bonds is 5. The van der Waals surface area contributed by atoms with Gasteiger partial charge in [-0.05, 0) is 27.2 Å². The number of hydrogen-bond acceptors (Lipinski definition) is 1. The third kappa shape index (κ3) is 2.91. The number of carbonyl (C=O) groups excluding carboxylic acids is 1. The van der Waals surface area contributed by atoms with Crippen molar-refractivity contribution in [2.24, 2.45) is 0 Å². The SMILES string of the molecule is CCCC(C)(C)N([C]=O)CC. The van der Waals surface area contributed by atoms with Gasteiger partial charge in [0.15, 0.2) is 0 Å². The number of hydrogen-bond donors (Lipinski definition) is 0. The quantitative estimate of drug-likeness (QED) is 0.557. The van der Waals surface area contributed by atoms with Gasteiger partial charge in [-0.25, -0.2) is 0 Å². The smallest absolute Gasteiger partial charge is 0.312 e. The lowest BCUT2D eigenvalue weighted by molar-refractivity contribution is 0.198. The molecule has 1 radical (unpaired) electrons. The van der Waals surface area contributed by atoms with Crippen LogP contribution >= 0.6 is 0 Å². The van der Waals surface area contributed by atoms with E-state index in [9.17, 15) is 4.79 Å². The Morgan fingerprint density at radius 1 is 1.36 bits per heavy atom. The molecule has 0 aliphatic carbocycles. The highest BCUT2D eigenvalue weighted by molar-refractivity contribution is 5.49. The lowest BCUT2D eigenvalue weighted by Gasteiger charge is -2.33. The molecule has 1 amide bonds. The van der Waals surface area contributed by atoms with E-state index in [4.69, 9.17) is 0 Å². The summed E-state index contributed by atoms with van der Waals surface area (Å²) in [6, 6.07) is 0. The van der Waals surface area contributed by atoms with Crippen LogP contribution in [0.15, 0.2) is 0 Å². The van der Waals surface area contributed by atoms with Crippen molar-refractivity contribution in [3.63, 3.8) is 0 Å². The van der Waals surface area contributed by atoms with Crippen molar-refractivity contribution in [1.29, 1.82) is 0 Å². The average molecular weight is 156 g/mol. The first kappa shape index (κ1) is 10.5. The zero-order chi connectivity index (χ0) is 8.91. The van der Waals surface area contributed by atoms with Gasteiger partial charge in [0.25, 0.3) is 0 Å². The molecule has 0 aromatic carbocycles. The minimum absolute atomic E-state index is 0.0226. The summed E-state index contributed by atoms with van der Waals surface area (Å²) in [4.78, 5) is 12.2. The molecule has 11 heavy (non-hydrogen) atoms. The summed E-state index contributed by atoms with van der Waals surface area (Å²) in [5, 5.41) is 0. The first-order chi connectivity index (χ1) is 5.08. The van der Waals surface area contributed by atoms with Crippen LogP contribution in [-0.2, 0) is 4.79 Å². The molecule has 0 atom stereocenters. The van der Waals surface area contributed by atoms with E-state index in [1.165, 1.54) is 0 Å². The molecule has 0 spiro atoms. The van der Waals surface area contributed by atoms with Gasteiger partial charge in [0.2, 0.25) is 0 Å². The summed E-state index contributed by atoms with van der Waals surface area (Å²) in [6.07, 6.45) is 4.10. The molecule has 0 aliphatic heterocycles. The fraction of sp³-hybridized carbons (Fsp3) is 0.889. The maximum atomic E-state index is 10.5. The van der Waals surface area contributed by atoms with Crippen LogP contribution in [0, 0.1) is 0 Å². The van der Waals surface area contributed by atoms with Crippen molar-refractivity contribution in [3.8, 4) is 0 Å². The van der Waals surface area contributed by atoms with Crippen LogP contribution in [0.5, 0.6) is 0 Å². The van der Waals surface area contributed by atoms with Crippen molar-refractivity contribution < 1.29 is 4.79 Å². The maximum Gasteiger partial charge on any atom is 0.312 e. The van der Waals surface area contributed by atoms with Crippen molar-refractivity contribution in [2.45, 2.75) is 46.1 Å². The third-order valence-electron chi connectivity index (χ3n) is 2.02. The Morgan fingerprint density at radius 3 is 2.18 bits per heavy atom. The first-order valence-electron chi connectivity index (χ1n) is 4.24. The lowest BCUT2D eigenvalue weighted by Crippen LogP contribution is -2.42. The first-order valence-corrected chi connectivity index (χ1v) is 4.24. The Hall–Kier alpha value is -0.530. The van der Waals surface area contributed by atoms with Crippen molar-refractivity contribution in [1.82, 2.24) is 4.90 Å². The maximum absolute atomic E-state index is 10.5. The van der Waals surface area contributed by atoms with Crippen molar-refractivity contribution in [3.05, 3.63) is 0 Å². The van der Waals surface area contributed by atoms with Gasteiger partial charge in [-0.3, -0.25) is 4.79 Å². The minimum Gasteiger partial charge on any atom is -0.330 e. The van der Waals surface area contributed by atoms with Crippen LogP contribution < -0.4 is 0 Å². The van der Waals surface area contributed by atoms with Crippen LogP contribution in [0.3, 0.4) is 0 Å². The molecular weight excluding hydrogens is 138 g/mol. The average Bonchev–Trinajstić information content (AvgIpc) is 1.89. The Kier molecular flexibility index (Phi) is 4.16. The molecule has 0 aliphatic rings. The number of nitrogens with zero attached hydrogens (tertiary/aromatic N) is 1. The standard InChI is InChI=1S/C9H18NO/c1-5-7-9(3,4)10(6-2)8-11/h5-7H2,1-4H3. The van der Waals surface area contributed by atoms with Gasteiger partial charge in [-0.15, -0.1) is 0 Å². The summed E-state index contributed by atoms with van der Waals surface area (Å²) in [5.74, 6) is 0. The normalized spacial score (nSPS) is 11.3. The molecule has 0 N–H and O–H groups in total. The highest BCUT2D eigenvalue weighted by Gasteiger charge is 2.23. The fourth-order valence-electron chi connectivity index (χ4n) is 1.36. The van der Waals surface area contributed by atoms with Crippen LogP contribution in [0.2, 0.25) is 0 Å². The van der Waals surface area contributed by atoms with E-state index < -0.39 is 0 Å². The monoisotopic (exact) mass is 156 g/mol. The van der Waals surface area contributed by atoms with Gasteiger partial charge in [0.05, 0.1) is 0 Å². The summed E-state index contributed by atoms with van der Waals surface area (Å²) in [5.41, 5.74) is -0.0226. The third-order valence-corrected chi connectivity index (χ3v) is 2.02. The molecule has 0 unspecified atom stereocenters. The molecule has 0 saturated heterocycles. The predicted molar refractivity (Wildman–Crippen MR) is 47.1 cm³/mol. The minimum atomic E-state index is -0.0226. The second-order valence-electron chi connectivity index (χ2n) is 3.40. The van der Waals surface area contributed by atoms with Crippen molar-refractivity contribution in [2.75, 3.05) is 6.54 Å². The Balaban J connectivity index is 4.11. The molecule has 0 aromatic heterocycles. The van der Waals surface area contributed by atoms with Gasteiger partial charge in [-0.2, -0.15) is 0 Å². The van der Waals surface area contributed by atoms with Crippen LogP contribution in [-0.4, -0.2) is 23.4 Å². The second-order valence-corrected chi connectivity index (χ2v) is 3.40. The largest absolute Gasteiger partial charge is 0.330 e. The highest BCUT2D eigenvalue weighted by Crippen LogP contribution is 2.18. The van der Waals surface area contributed by atoms with Crippen LogP contribution in [0.4, 0.5) is 0 Å². The van der Waals surface area contributed by atoms with Crippen LogP contribution in [0.25, 0.3) is 0 Å². The summed E-state index contributed by atoms with van der Waals surface area (Å²) < 4.78 is 0. The molecule has 0 aromatic rings. The van der Waals surface area contributed by atoms with E-state index in [0.717, 1.165) is 19.4 Å². The molecule has 0 saturated carbocycles. The lowest BCUT2D eigenvalue weighted by atomic mass is 9.97. The van der Waals surface area contributed by atoms with Gasteiger partial charge >= 0.3 is 6.41 Å². The molecule has 0 heterocycles. The zero-order valence-corrected chi connectivity index (χ0v) is 7.98. The van der Waals surface area contributed by atoms with E-state index in [0.29, 0.717) is 0 Å². The molecule has 65 valence electrons. The van der Waals surface area contributed by atoms with Gasteiger partial charge in [-0.1, -0.05) is 13.3 Å². The Bertz CT molecular complexity index is 121. The molecular formula is C9H18NO. The van der Waals surface area contributed by atoms with E-state index in [2.05, 4.69) is 20.8 Å². The zero-order valence-electron chi connectivity index (χ0n) is 7.98. The molecule has 2 heteroatoms. The van der Waals surface area contributed by atoms with E-state index in [1.54, 1.807) is 4.90 Å². The highest BCUT2D eigenvalue weighted by atomic mass is 16.1. The molecule has 0 rings (SSSR count). The fourth-order valence-corrected chi connectivity index (χ4v) is 1.36. The van der Waals surface area contributed by atoms with E-state index in [1.807, 2.05) is 13.3 Å². The van der Waals surface area contributed by atoms with Gasteiger partial charge < -0.3 is 4.90 Å². The summed E-state index contributed by atoms with van der Waals surface area (Å²) in [6.45, 7) is 9.00. The van der Waals surface area contributed by atoms with Gasteiger partial charge in [0.1, 0.15) is 0 Å². The topological polar surface area (TPSA) is 20.3 Å². The molecule has 2 nitrogen and oxygen atoms in total. The Labute approximate surface area is 69.6 Å². The molecule has 0 bridgehead atoms. The van der Waals surface area contributed by atoms with E-state index in [-0.39, 0.29) is 5.54 Å². The summed E-state index contributed by atoms with van der Waals surface area (Å²) >= 11 is 0. The predicted octanol–water partition coefficient (Wildman–Crippen LogP) is 1.95. The second kappa shape index (κ2) is 4.37. The number of amides is 1. The van der Waals surface area contributed by atoms with E-state index >= 15 is 0 Å². The van der Waals surface area contributed by atoms with Gasteiger partial charge in [0, 0.05) is 12.1 Å². The Morgan fingerprint density at radius 2 is 1.91 bits per heavy atom. The van der Waals surface area contributed by atoms with Crippen molar-refractivity contribution >= 4 is 6.41 Å². The van der Waals surface area contributed by atoms with Crippen LogP contribution in [0.1, 0.15) is 40.5 Å². The summed E-state index contributed by atoms with van der Waals surface area (Å²) in [7, 11) is 0. The molecule has 0 fully saturated rings.